The monoisotopic (exact) mass is 137 g/mol. The Morgan fingerprint density at radius 2 is 2.20 bits per heavy atom. The third kappa shape index (κ3) is 5.16. The van der Waals surface area contributed by atoms with Crippen molar-refractivity contribution >= 4 is 0 Å². The van der Waals surface area contributed by atoms with Crippen molar-refractivity contribution in [3.8, 4) is 0 Å². The minimum absolute atomic E-state index is 0.811. The van der Waals surface area contributed by atoms with Crippen LogP contribution in [0.4, 0.5) is 0 Å². The van der Waals surface area contributed by atoms with Crippen LogP contribution in [-0.2, 0) is 0 Å². The predicted molar refractivity (Wildman–Crippen MR) is 46.5 cm³/mol. The average molecular weight is 137 g/mol. The summed E-state index contributed by atoms with van der Waals surface area (Å²) in [5, 5.41) is 0. The molecule has 0 amide bonds. The Bertz CT molecular complexity index is 164. The Balaban J connectivity index is 3.80. The van der Waals surface area contributed by atoms with Crippen molar-refractivity contribution in [1.82, 2.24) is 0 Å². The van der Waals surface area contributed by atoms with Crippen molar-refractivity contribution in [1.29, 1.82) is 0 Å². The number of nitrogens with two attached hydrogens (primary N) is 1. The molecule has 0 aliphatic carbocycles. The molecule has 0 saturated heterocycles. The zero-order valence-electron chi connectivity index (χ0n) is 6.72. The molecule has 0 radical (unpaired) electrons. The van der Waals surface area contributed by atoms with Crippen LogP contribution in [0.3, 0.4) is 0 Å². The van der Waals surface area contributed by atoms with E-state index in [0.29, 0.717) is 0 Å². The normalized spacial score (nSPS) is 12.4. The molecule has 0 aliphatic rings. The maximum Gasteiger partial charge on any atom is 0.0273 e. The van der Waals surface area contributed by atoms with Crippen molar-refractivity contribution in [2.45, 2.75) is 20.3 Å². The number of rotatable bonds is 3. The van der Waals surface area contributed by atoms with E-state index in [-0.39, 0.29) is 0 Å². The second-order valence-corrected chi connectivity index (χ2v) is 2.37. The molecule has 0 heterocycles. The molecule has 0 unspecified atom stereocenters. The summed E-state index contributed by atoms with van der Waals surface area (Å²) in [6, 6.07) is 0. The number of hydrogen-bond donors (Lipinski definition) is 1. The number of allylic oxidation sites excluding steroid dienone is 4. The fourth-order valence-electron chi connectivity index (χ4n) is 0.553. The highest BCUT2D eigenvalue weighted by Crippen LogP contribution is 1.98. The first-order valence-corrected chi connectivity index (χ1v) is 3.39. The molecule has 0 saturated carbocycles. The molecule has 10 heavy (non-hydrogen) atoms. The molecule has 0 atom stereocenters. The fourth-order valence-corrected chi connectivity index (χ4v) is 0.553. The summed E-state index contributed by atoms with van der Waals surface area (Å²) in [6.07, 6.45) is 6.63. The van der Waals surface area contributed by atoms with Gasteiger partial charge in [0.2, 0.25) is 0 Å². The van der Waals surface area contributed by atoms with E-state index in [1.807, 2.05) is 32.1 Å². The molecule has 1 nitrogen and oxygen atoms in total. The summed E-state index contributed by atoms with van der Waals surface area (Å²) in [5.41, 5.74) is 7.51. The highest BCUT2D eigenvalue weighted by Gasteiger charge is 1.82. The zero-order chi connectivity index (χ0) is 7.98. The Kier molecular flexibility index (Phi) is 4.38. The summed E-state index contributed by atoms with van der Waals surface area (Å²) in [6.45, 7) is 7.69. The lowest BCUT2D eigenvalue weighted by Crippen LogP contribution is -1.91. The topological polar surface area (TPSA) is 26.0 Å². The Hall–Kier alpha value is -0.980. The molecule has 0 fully saturated rings. The van der Waals surface area contributed by atoms with Crippen molar-refractivity contribution in [3.63, 3.8) is 0 Å². The van der Waals surface area contributed by atoms with E-state index < -0.39 is 0 Å². The van der Waals surface area contributed by atoms with Crippen LogP contribution >= 0.6 is 0 Å². The Morgan fingerprint density at radius 3 is 2.60 bits per heavy atom. The Morgan fingerprint density at radius 1 is 1.60 bits per heavy atom. The van der Waals surface area contributed by atoms with Gasteiger partial charge in [-0.1, -0.05) is 24.3 Å². The molecule has 0 rings (SSSR count). The van der Waals surface area contributed by atoms with Crippen LogP contribution in [0.1, 0.15) is 20.3 Å². The smallest absolute Gasteiger partial charge is 0.0273 e. The van der Waals surface area contributed by atoms with Gasteiger partial charge >= 0.3 is 0 Å². The molecular weight excluding hydrogens is 122 g/mol. The molecule has 0 aromatic heterocycles. The first-order chi connectivity index (χ1) is 4.66. The van der Waals surface area contributed by atoms with Crippen molar-refractivity contribution < 1.29 is 0 Å². The zero-order valence-corrected chi connectivity index (χ0v) is 6.72. The van der Waals surface area contributed by atoms with Crippen molar-refractivity contribution in [2.24, 2.45) is 5.73 Å². The lowest BCUT2D eigenvalue weighted by Gasteiger charge is -1.92. The van der Waals surface area contributed by atoms with Gasteiger partial charge in [-0.25, -0.2) is 0 Å². The summed E-state index contributed by atoms with van der Waals surface area (Å²) in [7, 11) is 0. The maximum absolute atomic E-state index is 5.57. The molecule has 0 aromatic rings. The van der Waals surface area contributed by atoms with Gasteiger partial charge in [0, 0.05) is 5.70 Å². The van der Waals surface area contributed by atoms with Gasteiger partial charge in [0.05, 0.1) is 0 Å². The van der Waals surface area contributed by atoms with E-state index in [9.17, 15) is 0 Å². The summed E-state index contributed by atoms with van der Waals surface area (Å²) in [5.74, 6) is 0. The van der Waals surface area contributed by atoms with Gasteiger partial charge in [0.25, 0.3) is 0 Å². The van der Waals surface area contributed by atoms with E-state index in [4.69, 9.17) is 5.73 Å². The predicted octanol–water partition coefficient (Wildman–Crippen LogP) is 2.37. The average Bonchev–Trinajstić information content (AvgIpc) is 1.85. The standard InChI is InChI=1S/C9H15N/c1-4-5-9(10)7-6-8(2)3/h4-5,7H,2,6,10H2,1,3H3/b5-4-,9-7+. The van der Waals surface area contributed by atoms with Gasteiger partial charge in [0.15, 0.2) is 0 Å². The van der Waals surface area contributed by atoms with Gasteiger partial charge < -0.3 is 5.73 Å². The number of hydrogen-bond acceptors (Lipinski definition) is 1. The molecule has 56 valence electrons. The van der Waals surface area contributed by atoms with Crippen LogP contribution in [0.2, 0.25) is 0 Å². The SMILES string of the molecule is C=C(C)C/C=C(N)\C=C/C. The van der Waals surface area contributed by atoms with Gasteiger partial charge in [0.1, 0.15) is 0 Å². The first-order valence-electron chi connectivity index (χ1n) is 3.39. The van der Waals surface area contributed by atoms with Crippen LogP contribution in [0.15, 0.2) is 36.1 Å². The maximum atomic E-state index is 5.57. The molecule has 0 spiro atoms. The Labute approximate surface area is 62.9 Å². The quantitative estimate of drug-likeness (QED) is 0.469. The van der Waals surface area contributed by atoms with E-state index in [0.717, 1.165) is 17.7 Å². The minimum atomic E-state index is 0.811. The van der Waals surface area contributed by atoms with Crippen LogP contribution in [-0.4, -0.2) is 0 Å². The van der Waals surface area contributed by atoms with Gasteiger partial charge in [-0.15, -0.1) is 0 Å². The minimum Gasteiger partial charge on any atom is -0.399 e. The van der Waals surface area contributed by atoms with Crippen molar-refractivity contribution in [2.75, 3.05) is 0 Å². The van der Waals surface area contributed by atoms with E-state index in [1.54, 1.807) is 0 Å². The molecule has 0 bridgehead atoms. The third-order valence-corrected chi connectivity index (χ3v) is 1.05. The summed E-state index contributed by atoms with van der Waals surface area (Å²) in [4.78, 5) is 0. The lowest BCUT2D eigenvalue weighted by atomic mass is 10.2. The molecule has 1 heteroatoms. The van der Waals surface area contributed by atoms with Crippen LogP contribution in [0.25, 0.3) is 0 Å². The fraction of sp³-hybridized carbons (Fsp3) is 0.333. The van der Waals surface area contributed by atoms with E-state index in [1.165, 1.54) is 0 Å². The second kappa shape index (κ2) is 4.86. The van der Waals surface area contributed by atoms with Crippen LogP contribution in [0.5, 0.6) is 0 Å². The lowest BCUT2D eigenvalue weighted by molar-refractivity contribution is 1.19. The summed E-state index contributed by atoms with van der Waals surface area (Å²) < 4.78 is 0. The highest BCUT2D eigenvalue weighted by atomic mass is 14.5. The first kappa shape index (κ1) is 9.02. The second-order valence-electron chi connectivity index (χ2n) is 2.37. The van der Waals surface area contributed by atoms with Gasteiger partial charge in [-0.3, -0.25) is 0 Å². The molecule has 0 aromatic carbocycles. The van der Waals surface area contributed by atoms with Crippen LogP contribution < -0.4 is 5.73 Å². The summed E-state index contributed by atoms with van der Waals surface area (Å²) >= 11 is 0. The largest absolute Gasteiger partial charge is 0.399 e. The van der Waals surface area contributed by atoms with E-state index in [2.05, 4.69) is 6.58 Å². The van der Waals surface area contributed by atoms with Crippen molar-refractivity contribution in [3.05, 3.63) is 36.1 Å². The molecule has 0 aliphatic heterocycles. The molecule has 2 N–H and O–H groups in total. The van der Waals surface area contributed by atoms with Gasteiger partial charge in [-0.05, 0) is 26.3 Å². The van der Waals surface area contributed by atoms with E-state index >= 15 is 0 Å². The highest BCUT2D eigenvalue weighted by molar-refractivity contribution is 5.16. The van der Waals surface area contributed by atoms with Gasteiger partial charge in [-0.2, -0.15) is 0 Å². The van der Waals surface area contributed by atoms with Crippen LogP contribution in [0, 0.1) is 0 Å². The molecular formula is C9H15N. The third-order valence-electron chi connectivity index (χ3n) is 1.05.